The van der Waals surface area contributed by atoms with Gasteiger partial charge in [0.1, 0.15) is 0 Å². The van der Waals surface area contributed by atoms with Crippen molar-refractivity contribution >= 4 is 11.3 Å². The molecule has 0 amide bonds. The third-order valence-electron chi connectivity index (χ3n) is 4.10. The Morgan fingerprint density at radius 3 is 2.90 bits per heavy atom. The van der Waals surface area contributed by atoms with Crippen LogP contribution in [0.4, 0.5) is 0 Å². The first-order chi connectivity index (χ1) is 10.0. The highest BCUT2D eigenvalue weighted by Crippen LogP contribution is 2.28. The normalized spacial score (nSPS) is 24.4. The molecule has 0 radical (unpaired) electrons. The van der Waals surface area contributed by atoms with Gasteiger partial charge in [0.05, 0.1) is 23.4 Å². The Labute approximate surface area is 131 Å². The Hall–Kier alpha value is -0.490. The SMILES string of the molecule is CC(C)(C)c1nc(CNC[C@H]2CN(C3CC3)CCO2)cs1. The van der Waals surface area contributed by atoms with E-state index in [9.17, 15) is 0 Å². The number of hydrogen-bond donors (Lipinski definition) is 1. The molecule has 4 nitrogen and oxygen atoms in total. The molecule has 0 spiro atoms. The number of hydrogen-bond acceptors (Lipinski definition) is 5. The Balaban J connectivity index is 1.42. The number of morpholine rings is 1. The van der Waals surface area contributed by atoms with Gasteiger partial charge in [-0.1, -0.05) is 20.8 Å². The molecule has 3 rings (SSSR count). The van der Waals surface area contributed by atoms with E-state index < -0.39 is 0 Å². The first kappa shape index (κ1) is 15.4. The Morgan fingerprint density at radius 1 is 1.43 bits per heavy atom. The Morgan fingerprint density at radius 2 is 2.24 bits per heavy atom. The molecule has 1 aliphatic heterocycles. The fourth-order valence-corrected chi connectivity index (χ4v) is 3.64. The molecule has 0 unspecified atom stereocenters. The van der Waals surface area contributed by atoms with Crippen LogP contribution in [-0.4, -0.2) is 48.3 Å². The first-order valence-electron chi connectivity index (χ1n) is 8.03. The van der Waals surface area contributed by atoms with Gasteiger partial charge in [0, 0.05) is 43.0 Å². The molecular formula is C16H27N3OS. The van der Waals surface area contributed by atoms with Gasteiger partial charge in [-0.3, -0.25) is 4.90 Å². The number of nitrogens with zero attached hydrogens (tertiary/aromatic N) is 2. The summed E-state index contributed by atoms with van der Waals surface area (Å²) in [4.78, 5) is 7.32. The average molecular weight is 309 g/mol. The second-order valence-electron chi connectivity index (χ2n) is 7.24. The second-order valence-corrected chi connectivity index (χ2v) is 8.10. The summed E-state index contributed by atoms with van der Waals surface area (Å²) in [5.74, 6) is 0. The quantitative estimate of drug-likeness (QED) is 0.906. The van der Waals surface area contributed by atoms with Crippen LogP contribution in [0.15, 0.2) is 5.38 Å². The molecule has 21 heavy (non-hydrogen) atoms. The molecule has 2 heterocycles. The minimum Gasteiger partial charge on any atom is -0.374 e. The van der Waals surface area contributed by atoms with Gasteiger partial charge in [0.25, 0.3) is 0 Å². The fraction of sp³-hybridized carbons (Fsp3) is 0.812. The average Bonchev–Trinajstić information content (AvgIpc) is 3.17. The minimum absolute atomic E-state index is 0.153. The van der Waals surface area contributed by atoms with Gasteiger partial charge < -0.3 is 10.1 Å². The predicted molar refractivity (Wildman–Crippen MR) is 86.9 cm³/mol. The summed E-state index contributed by atoms with van der Waals surface area (Å²) in [5.41, 5.74) is 1.31. The van der Waals surface area contributed by atoms with Crippen LogP contribution >= 0.6 is 11.3 Å². The highest BCUT2D eigenvalue weighted by Gasteiger charge is 2.32. The van der Waals surface area contributed by atoms with Crippen molar-refractivity contribution in [1.82, 2.24) is 15.2 Å². The maximum atomic E-state index is 5.86. The van der Waals surface area contributed by atoms with Crippen LogP contribution in [0.25, 0.3) is 0 Å². The molecule has 1 aromatic heterocycles. The molecule has 1 atom stereocenters. The van der Waals surface area contributed by atoms with Crippen molar-refractivity contribution < 1.29 is 4.74 Å². The molecular weight excluding hydrogens is 282 g/mol. The summed E-state index contributed by atoms with van der Waals surface area (Å²) < 4.78 is 5.86. The minimum atomic E-state index is 0.153. The first-order valence-corrected chi connectivity index (χ1v) is 8.91. The maximum Gasteiger partial charge on any atom is 0.0982 e. The molecule has 1 saturated heterocycles. The van der Waals surface area contributed by atoms with Gasteiger partial charge in [-0.2, -0.15) is 0 Å². The van der Waals surface area contributed by atoms with E-state index in [1.807, 2.05) is 0 Å². The molecule has 118 valence electrons. The van der Waals surface area contributed by atoms with Crippen LogP contribution < -0.4 is 5.32 Å². The van der Waals surface area contributed by atoms with Gasteiger partial charge in [-0.15, -0.1) is 11.3 Å². The lowest BCUT2D eigenvalue weighted by atomic mass is 9.98. The molecule has 5 heteroatoms. The van der Waals surface area contributed by atoms with Crippen LogP contribution in [0, 0.1) is 0 Å². The third-order valence-corrected chi connectivity index (χ3v) is 5.42. The summed E-state index contributed by atoms with van der Waals surface area (Å²) in [6, 6.07) is 0.851. The van der Waals surface area contributed by atoms with Gasteiger partial charge in [-0.25, -0.2) is 4.98 Å². The van der Waals surface area contributed by atoms with Gasteiger partial charge in [0.15, 0.2) is 0 Å². The molecule has 1 saturated carbocycles. The number of aromatic nitrogens is 1. The number of thiazole rings is 1. The van der Waals surface area contributed by atoms with E-state index in [2.05, 4.69) is 36.4 Å². The van der Waals surface area contributed by atoms with Crippen LogP contribution in [0.5, 0.6) is 0 Å². The maximum absolute atomic E-state index is 5.86. The van der Waals surface area contributed by atoms with Gasteiger partial charge >= 0.3 is 0 Å². The van der Waals surface area contributed by atoms with Crippen LogP contribution in [0.2, 0.25) is 0 Å². The highest BCUT2D eigenvalue weighted by atomic mass is 32.1. The lowest BCUT2D eigenvalue weighted by Crippen LogP contribution is -2.47. The highest BCUT2D eigenvalue weighted by molar-refractivity contribution is 7.09. The Bertz CT molecular complexity index is 464. The van der Waals surface area contributed by atoms with Crippen molar-refractivity contribution in [3.63, 3.8) is 0 Å². The molecule has 2 fully saturated rings. The van der Waals surface area contributed by atoms with E-state index in [4.69, 9.17) is 9.72 Å². The smallest absolute Gasteiger partial charge is 0.0982 e. The van der Waals surface area contributed by atoms with Crippen LogP contribution in [-0.2, 0) is 16.7 Å². The second kappa shape index (κ2) is 6.32. The van der Waals surface area contributed by atoms with Crippen molar-refractivity contribution in [3.05, 3.63) is 16.1 Å². The molecule has 2 aliphatic rings. The zero-order valence-electron chi connectivity index (χ0n) is 13.4. The van der Waals surface area contributed by atoms with Crippen molar-refractivity contribution in [2.45, 2.75) is 57.7 Å². The predicted octanol–water partition coefficient (Wildman–Crippen LogP) is 2.39. The van der Waals surface area contributed by atoms with E-state index in [1.54, 1.807) is 11.3 Å². The van der Waals surface area contributed by atoms with Crippen molar-refractivity contribution in [2.24, 2.45) is 0 Å². The largest absolute Gasteiger partial charge is 0.374 e. The summed E-state index contributed by atoms with van der Waals surface area (Å²) in [5, 5.41) is 6.90. The zero-order valence-corrected chi connectivity index (χ0v) is 14.2. The lowest BCUT2D eigenvalue weighted by Gasteiger charge is -2.33. The summed E-state index contributed by atoms with van der Waals surface area (Å²) >= 11 is 1.76. The van der Waals surface area contributed by atoms with E-state index in [0.717, 1.165) is 44.5 Å². The van der Waals surface area contributed by atoms with E-state index in [-0.39, 0.29) is 5.41 Å². The molecule has 1 N–H and O–H groups in total. The van der Waals surface area contributed by atoms with Crippen LogP contribution in [0.3, 0.4) is 0 Å². The zero-order chi connectivity index (χ0) is 14.9. The molecule has 0 bridgehead atoms. The van der Waals surface area contributed by atoms with Gasteiger partial charge in [0.2, 0.25) is 0 Å². The van der Waals surface area contributed by atoms with Crippen LogP contribution in [0.1, 0.15) is 44.3 Å². The third kappa shape index (κ3) is 4.25. The van der Waals surface area contributed by atoms with E-state index in [1.165, 1.54) is 17.8 Å². The Kier molecular flexibility index (Phi) is 4.64. The summed E-state index contributed by atoms with van der Waals surface area (Å²) in [6.07, 6.45) is 3.10. The topological polar surface area (TPSA) is 37.4 Å². The monoisotopic (exact) mass is 309 g/mol. The van der Waals surface area contributed by atoms with E-state index in [0.29, 0.717) is 6.10 Å². The number of ether oxygens (including phenoxy) is 1. The van der Waals surface area contributed by atoms with Crippen molar-refractivity contribution in [1.29, 1.82) is 0 Å². The summed E-state index contributed by atoms with van der Waals surface area (Å²) in [6.45, 7) is 11.5. The summed E-state index contributed by atoms with van der Waals surface area (Å²) in [7, 11) is 0. The van der Waals surface area contributed by atoms with Gasteiger partial charge in [-0.05, 0) is 12.8 Å². The van der Waals surface area contributed by atoms with Crippen molar-refractivity contribution in [3.8, 4) is 0 Å². The molecule has 1 aromatic rings. The number of nitrogens with one attached hydrogen (secondary N) is 1. The standard InChI is InChI=1S/C16H27N3OS/c1-16(2,3)15-18-12(11-21-15)8-17-9-14-10-19(6-7-20-14)13-4-5-13/h11,13-14,17H,4-10H2,1-3H3/t14-/m0/s1. The number of rotatable bonds is 5. The van der Waals surface area contributed by atoms with Crippen molar-refractivity contribution in [2.75, 3.05) is 26.2 Å². The molecule has 1 aliphatic carbocycles. The lowest BCUT2D eigenvalue weighted by molar-refractivity contribution is -0.0301. The molecule has 0 aromatic carbocycles. The van der Waals surface area contributed by atoms with E-state index >= 15 is 0 Å². The fourth-order valence-electron chi connectivity index (χ4n) is 2.73.